The number of benzene rings is 2. The first-order chi connectivity index (χ1) is 10.2. The fourth-order valence-electron chi connectivity index (χ4n) is 1.82. The van der Waals surface area contributed by atoms with Crippen molar-refractivity contribution in [2.75, 3.05) is 19.0 Å². The Morgan fingerprint density at radius 1 is 1.10 bits per heavy atom. The van der Waals surface area contributed by atoms with Crippen molar-refractivity contribution < 1.29 is 9.13 Å². The maximum absolute atomic E-state index is 12.8. The molecule has 2 aromatic rings. The lowest BCUT2D eigenvalue weighted by Gasteiger charge is -2.10. The van der Waals surface area contributed by atoms with Crippen LogP contribution in [0, 0.1) is 5.82 Å². The fraction of sp³-hybridized carbons (Fsp3) is 0.188. The van der Waals surface area contributed by atoms with E-state index in [4.69, 9.17) is 17.0 Å². The number of anilines is 1. The molecule has 2 N–H and O–H groups in total. The molecule has 2 aromatic carbocycles. The Morgan fingerprint density at radius 2 is 1.76 bits per heavy atom. The molecule has 0 aliphatic heterocycles. The molecule has 0 aromatic heterocycles. The molecule has 0 saturated carbocycles. The molecule has 5 heteroatoms. The summed E-state index contributed by atoms with van der Waals surface area (Å²) in [7, 11) is 1.65. The van der Waals surface area contributed by atoms with Crippen molar-refractivity contribution in [1.29, 1.82) is 0 Å². The molecule has 0 spiro atoms. The normalized spacial score (nSPS) is 10.0. The largest absolute Gasteiger partial charge is 0.497 e. The van der Waals surface area contributed by atoms with Crippen LogP contribution in [-0.2, 0) is 6.42 Å². The number of thiocarbonyl (C=S) groups is 1. The first kappa shape index (κ1) is 15.3. The standard InChI is InChI=1S/C16H17FN2OS/c1-20-15-8-2-12(3-9-15)10-11-18-16(21)19-14-6-4-13(17)5-7-14/h2-9H,10-11H2,1H3,(H2,18,19,21). The summed E-state index contributed by atoms with van der Waals surface area (Å²) in [6.45, 7) is 0.722. The van der Waals surface area contributed by atoms with Gasteiger partial charge in [-0.15, -0.1) is 0 Å². The van der Waals surface area contributed by atoms with Gasteiger partial charge in [-0.2, -0.15) is 0 Å². The predicted octanol–water partition coefficient (Wildman–Crippen LogP) is 3.36. The van der Waals surface area contributed by atoms with Gasteiger partial charge in [0, 0.05) is 12.2 Å². The van der Waals surface area contributed by atoms with E-state index in [1.54, 1.807) is 19.2 Å². The summed E-state index contributed by atoms with van der Waals surface area (Å²) in [5, 5.41) is 6.65. The highest BCUT2D eigenvalue weighted by Gasteiger charge is 1.99. The molecule has 0 saturated heterocycles. The second-order valence-corrected chi connectivity index (χ2v) is 4.89. The zero-order valence-electron chi connectivity index (χ0n) is 11.7. The molecule has 0 atom stereocenters. The van der Waals surface area contributed by atoms with Crippen LogP contribution >= 0.6 is 12.2 Å². The van der Waals surface area contributed by atoms with Crippen molar-refractivity contribution in [2.45, 2.75) is 6.42 Å². The lowest BCUT2D eigenvalue weighted by molar-refractivity contribution is 0.414. The summed E-state index contributed by atoms with van der Waals surface area (Å²) in [5.41, 5.74) is 1.96. The number of rotatable bonds is 5. The van der Waals surface area contributed by atoms with Gasteiger partial charge in [0.25, 0.3) is 0 Å². The van der Waals surface area contributed by atoms with Gasteiger partial charge in [-0.1, -0.05) is 12.1 Å². The van der Waals surface area contributed by atoms with Crippen LogP contribution in [0.2, 0.25) is 0 Å². The summed E-state index contributed by atoms with van der Waals surface area (Å²) in [6.07, 6.45) is 0.856. The van der Waals surface area contributed by atoms with Crippen LogP contribution in [0.15, 0.2) is 48.5 Å². The Kier molecular flexibility index (Phi) is 5.51. The minimum absolute atomic E-state index is 0.265. The van der Waals surface area contributed by atoms with E-state index < -0.39 is 0 Å². The van der Waals surface area contributed by atoms with Crippen LogP contribution in [0.25, 0.3) is 0 Å². The molecule has 0 unspecified atom stereocenters. The van der Waals surface area contributed by atoms with Gasteiger partial charge in [-0.3, -0.25) is 0 Å². The summed E-state index contributed by atoms with van der Waals surface area (Å²) in [4.78, 5) is 0. The van der Waals surface area contributed by atoms with Gasteiger partial charge in [-0.05, 0) is 60.6 Å². The molecule has 0 aliphatic carbocycles. The SMILES string of the molecule is COc1ccc(CCNC(=S)Nc2ccc(F)cc2)cc1. The van der Waals surface area contributed by atoms with Gasteiger partial charge in [0.2, 0.25) is 0 Å². The number of hydrogen-bond donors (Lipinski definition) is 2. The van der Waals surface area contributed by atoms with Gasteiger partial charge in [0.05, 0.1) is 7.11 Å². The monoisotopic (exact) mass is 304 g/mol. The highest BCUT2D eigenvalue weighted by atomic mass is 32.1. The van der Waals surface area contributed by atoms with E-state index in [2.05, 4.69) is 10.6 Å². The Balaban J connectivity index is 1.74. The molecule has 0 fully saturated rings. The highest BCUT2D eigenvalue weighted by Crippen LogP contribution is 2.11. The van der Waals surface area contributed by atoms with E-state index in [0.29, 0.717) is 5.11 Å². The summed E-state index contributed by atoms with van der Waals surface area (Å²) in [5.74, 6) is 0.583. The van der Waals surface area contributed by atoms with Crippen LogP contribution in [0.5, 0.6) is 5.75 Å². The van der Waals surface area contributed by atoms with Gasteiger partial charge in [0.1, 0.15) is 11.6 Å². The molecule has 0 heterocycles. The van der Waals surface area contributed by atoms with E-state index >= 15 is 0 Å². The Hall–Kier alpha value is -2.14. The lowest BCUT2D eigenvalue weighted by Crippen LogP contribution is -2.30. The second-order valence-electron chi connectivity index (χ2n) is 4.49. The average molecular weight is 304 g/mol. The Labute approximate surface area is 129 Å². The van der Waals surface area contributed by atoms with Crippen LogP contribution in [-0.4, -0.2) is 18.8 Å². The average Bonchev–Trinajstić information content (AvgIpc) is 2.50. The molecule has 21 heavy (non-hydrogen) atoms. The molecule has 110 valence electrons. The maximum atomic E-state index is 12.8. The minimum atomic E-state index is -0.265. The first-order valence-corrected chi connectivity index (χ1v) is 7.01. The summed E-state index contributed by atoms with van der Waals surface area (Å²) in [6, 6.07) is 14.0. The van der Waals surface area contributed by atoms with Crippen LogP contribution in [0.3, 0.4) is 0 Å². The molecule has 0 bridgehead atoms. The number of hydrogen-bond acceptors (Lipinski definition) is 2. The van der Waals surface area contributed by atoms with E-state index in [-0.39, 0.29) is 5.82 Å². The van der Waals surface area contributed by atoms with Crippen molar-refractivity contribution in [2.24, 2.45) is 0 Å². The van der Waals surface area contributed by atoms with Crippen molar-refractivity contribution in [3.63, 3.8) is 0 Å². The zero-order valence-corrected chi connectivity index (χ0v) is 12.5. The number of methoxy groups -OCH3 is 1. The van der Waals surface area contributed by atoms with E-state index in [0.717, 1.165) is 24.4 Å². The van der Waals surface area contributed by atoms with E-state index in [9.17, 15) is 4.39 Å². The summed E-state index contributed by atoms with van der Waals surface area (Å²) >= 11 is 5.19. The van der Waals surface area contributed by atoms with Crippen molar-refractivity contribution in [1.82, 2.24) is 5.32 Å². The molecule has 0 aliphatic rings. The van der Waals surface area contributed by atoms with Crippen molar-refractivity contribution in [3.8, 4) is 5.75 Å². The third-order valence-electron chi connectivity index (χ3n) is 2.96. The quantitative estimate of drug-likeness (QED) is 0.830. The van der Waals surface area contributed by atoms with Crippen LogP contribution in [0.1, 0.15) is 5.56 Å². The zero-order chi connectivity index (χ0) is 15.1. The second kappa shape index (κ2) is 7.59. The molecule has 0 amide bonds. The fourth-order valence-corrected chi connectivity index (χ4v) is 2.04. The minimum Gasteiger partial charge on any atom is -0.497 e. The highest BCUT2D eigenvalue weighted by molar-refractivity contribution is 7.80. The van der Waals surface area contributed by atoms with E-state index in [1.807, 2.05) is 24.3 Å². The van der Waals surface area contributed by atoms with Crippen molar-refractivity contribution in [3.05, 3.63) is 59.9 Å². The topological polar surface area (TPSA) is 33.3 Å². The summed E-state index contributed by atoms with van der Waals surface area (Å²) < 4.78 is 17.9. The van der Waals surface area contributed by atoms with Gasteiger partial charge in [-0.25, -0.2) is 4.39 Å². The van der Waals surface area contributed by atoms with Gasteiger partial charge in [0.15, 0.2) is 5.11 Å². The molecule has 2 rings (SSSR count). The molecule has 0 radical (unpaired) electrons. The van der Waals surface area contributed by atoms with Gasteiger partial charge < -0.3 is 15.4 Å². The predicted molar refractivity (Wildman–Crippen MR) is 87.3 cm³/mol. The maximum Gasteiger partial charge on any atom is 0.170 e. The third kappa shape index (κ3) is 5.04. The van der Waals surface area contributed by atoms with Gasteiger partial charge >= 0.3 is 0 Å². The number of ether oxygens (including phenoxy) is 1. The van der Waals surface area contributed by atoms with Crippen molar-refractivity contribution >= 4 is 23.0 Å². The lowest BCUT2D eigenvalue weighted by atomic mass is 10.1. The smallest absolute Gasteiger partial charge is 0.170 e. The Morgan fingerprint density at radius 3 is 2.38 bits per heavy atom. The molecule has 3 nitrogen and oxygen atoms in total. The van der Waals surface area contributed by atoms with Crippen LogP contribution in [0.4, 0.5) is 10.1 Å². The number of halogens is 1. The number of nitrogens with one attached hydrogen (secondary N) is 2. The van der Waals surface area contributed by atoms with Crippen LogP contribution < -0.4 is 15.4 Å². The van der Waals surface area contributed by atoms with E-state index in [1.165, 1.54) is 17.7 Å². The first-order valence-electron chi connectivity index (χ1n) is 6.61. The third-order valence-corrected chi connectivity index (χ3v) is 3.21. The molecular formula is C16H17FN2OS. The Bertz CT molecular complexity index is 584. The molecular weight excluding hydrogens is 287 g/mol.